The number of hydrogen-bond donors (Lipinski definition) is 4. The first-order valence-corrected chi connectivity index (χ1v) is 13.7. The fraction of sp³-hybridized carbons (Fsp3) is 0.208. The molecule has 9 nitrogen and oxygen atoms in total. The van der Waals surface area contributed by atoms with E-state index >= 15 is 0 Å². The van der Waals surface area contributed by atoms with Crippen molar-refractivity contribution in [3.05, 3.63) is 65.8 Å². The van der Waals surface area contributed by atoms with Gasteiger partial charge in [-0.05, 0) is 62.2 Å². The monoisotopic (exact) mass is 514 g/mol. The first-order valence-electron chi connectivity index (χ1n) is 10.7. The number of nitrogens with zero attached hydrogens (tertiary/aromatic N) is 2. The molecule has 2 aromatic carbocycles. The highest BCUT2D eigenvalue weighted by Crippen LogP contribution is 2.39. The number of amides is 1. The average Bonchev–Trinajstić information content (AvgIpc) is 2.82. The maximum Gasteiger partial charge on any atom is 0.247 e. The van der Waals surface area contributed by atoms with Crippen LogP contribution in [0.25, 0.3) is 0 Å². The van der Waals surface area contributed by atoms with Gasteiger partial charge in [0, 0.05) is 11.0 Å². The Morgan fingerprint density at radius 3 is 2.60 bits per heavy atom. The predicted octanol–water partition coefficient (Wildman–Crippen LogP) is 4.50. The zero-order chi connectivity index (χ0) is 25.6. The Labute approximate surface area is 209 Å². The molecule has 0 saturated carbocycles. The molecular formula is C24H28ClN6O3P. The van der Waals surface area contributed by atoms with Crippen molar-refractivity contribution in [3.8, 4) is 5.75 Å². The summed E-state index contributed by atoms with van der Waals surface area (Å²) in [4.78, 5) is 20.7. The van der Waals surface area contributed by atoms with E-state index in [-0.39, 0.29) is 16.9 Å². The van der Waals surface area contributed by atoms with Crippen LogP contribution in [0.4, 0.5) is 28.8 Å². The quantitative estimate of drug-likeness (QED) is 0.230. The first-order chi connectivity index (χ1) is 16.7. The smallest absolute Gasteiger partial charge is 0.247 e. The van der Waals surface area contributed by atoms with E-state index in [0.717, 1.165) is 5.56 Å². The maximum atomic E-state index is 12.7. The Hall–Kier alpha value is -3.39. The number of hydrogen-bond acceptors (Lipinski definition) is 8. The fourth-order valence-corrected chi connectivity index (χ4v) is 4.66. The standard InChI is InChI=1S/C24H28ClN6O3P/c1-5-22(32)28-18-13-19(20(34-2)12-15(18)10-11-26)30-24-27-14-16(25)23(31-24)29-17-8-6-7-9-21(17)35(3,4)33/h5-9,12-14H,1,10-11,26H2,2-4H3,(H,28,32)(H2,27,29,30,31). The van der Waals surface area contributed by atoms with Crippen LogP contribution < -0.4 is 31.7 Å². The number of ether oxygens (including phenoxy) is 1. The number of halogens is 1. The van der Waals surface area contributed by atoms with Crippen molar-refractivity contribution in [3.63, 3.8) is 0 Å². The molecule has 1 heterocycles. The lowest BCUT2D eigenvalue weighted by molar-refractivity contribution is -0.111. The summed E-state index contributed by atoms with van der Waals surface area (Å²) in [6.07, 6.45) is 3.18. The molecule has 0 aliphatic carbocycles. The molecule has 0 aliphatic rings. The third-order valence-electron chi connectivity index (χ3n) is 5.01. The van der Waals surface area contributed by atoms with E-state index < -0.39 is 7.14 Å². The van der Waals surface area contributed by atoms with Crippen LogP contribution in [-0.4, -0.2) is 42.9 Å². The molecular weight excluding hydrogens is 487 g/mol. The van der Waals surface area contributed by atoms with Gasteiger partial charge in [-0.3, -0.25) is 4.79 Å². The number of nitrogens with one attached hydrogen (secondary N) is 3. The molecule has 5 N–H and O–H groups in total. The van der Waals surface area contributed by atoms with Gasteiger partial charge < -0.3 is 31.0 Å². The molecule has 0 aliphatic heterocycles. The van der Waals surface area contributed by atoms with E-state index in [9.17, 15) is 9.36 Å². The van der Waals surface area contributed by atoms with Crippen LogP contribution in [0, 0.1) is 0 Å². The van der Waals surface area contributed by atoms with Gasteiger partial charge in [0.2, 0.25) is 11.9 Å². The highest BCUT2D eigenvalue weighted by Gasteiger charge is 2.18. The maximum absolute atomic E-state index is 12.7. The van der Waals surface area contributed by atoms with Crippen molar-refractivity contribution in [2.45, 2.75) is 6.42 Å². The van der Waals surface area contributed by atoms with Crippen LogP contribution in [-0.2, 0) is 15.8 Å². The summed E-state index contributed by atoms with van der Waals surface area (Å²) in [5, 5.41) is 10.0. The molecule has 1 aromatic heterocycles. The number of benzene rings is 2. The summed E-state index contributed by atoms with van der Waals surface area (Å²) in [6, 6.07) is 10.8. The normalized spacial score (nSPS) is 11.0. The molecule has 0 saturated heterocycles. The lowest BCUT2D eigenvalue weighted by Gasteiger charge is -2.18. The SMILES string of the molecule is C=CC(=O)Nc1cc(Nc2ncc(Cl)c(Nc3ccccc3P(C)(C)=O)n2)c(OC)cc1CCN. The van der Waals surface area contributed by atoms with Crippen molar-refractivity contribution >= 4 is 58.8 Å². The van der Waals surface area contributed by atoms with Crippen molar-refractivity contribution in [2.24, 2.45) is 5.73 Å². The highest BCUT2D eigenvalue weighted by atomic mass is 35.5. The highest BCUT2D eigenvalue weighted by molar-refractivity contribution is 7.70. The van der Waals surface area contributed by atoms with Crippen LogP contribution in [0.2, 0.25) is 5.02 Å². The zero-order valence-corrected chi connectivity index (χ0v) is 21.4. The van der Waals surface area contributed by atoms with Gasteiger partial charge in [0.15, 0.2) is 5.82 Å². The molecule has 0 atom stereocenters. The summed E-state index contributed by atoms with van der Waals surface area (Å²) in [5.41, 5.74) is 8.27. The number of anilines is 5. The lowest BCUT2D eigenvalue weighted by Crippen LogP contribution is -2.13. The second-order valence-electron chi connectivity index (χ2n) is 7.95. The lowest BCUT2D eigenvalue weighted by atomic mass is 10.1. The fourth-order valence-electron chi connectivity index (χ4n) is 3.36. The average molecular weight is 515 g/mol. The van der Waals surface area contributed by atoms with Gasteiger partial charge in [-0.2, -0.15) is 4.98 Å². The number of carbonyl (C=O) groups is 1. The number of rotatable bonds is 10. The number of carbonyl (C=O) groups excluding carboxylic acids is 1. The van der Waals surface area contributed by atoms with Crippen molar-refractivity contribution < 1.29 is 14.1 Å². The van der Waals surface area contributed by atoms with Gasteiger partial charge in [0.05, 0.1) is 24.7 Å². The van der Waals surface area contributed by atoms with E-state index in [2.05, 4.69) is 32.5 Å². The second kappa shape index (κ2) is 11.4. The summed E-state index contributed by atoms with van der Waals surface area (Å²) >= 11 is 6.35. The van der Waals surface area contributed by atoms with Gasteiger partial charge in [-0.1, -0.05) is 30.3 Å². The molecule has 0 bridgehead atoms. The summed E-state index contributed by atoms with van der Waals surface area (Å²) in [6.45, 7) is 7.29. The molecule has 0 fully saturated rings. The van der Waals surface area contributed by atoms with Crippen LogP contribution in [0.3, 0.4) is 0 Å². The second-order valence-corrected chi connectivity index (χ2v) is 11.5. The number of para-hydroxylation sites is 1. The molecule has 3 rings (SSSR count). The minimum atomic E-state index is -2.55. The van der Waals surface area contributed by atoms with E-state index in [1.807, 2.05) is 24.3 Å². The summed E-state index contributed by atoms with van der Waals surface area (Å²) in [5.74, 6) is 0.734. The Morgan fingerprint density at radius 2 is 1.94 bits per heavy atom. The Bertz CT molecular complexity index is 1290. The predicted molar refractivity (Wildman–Crippen MR) is 144 cm³/mol. The largest absolute Gasteiger partial charge is 0.495 e. The van der Waals surface area contributed by atoms with Crippen molar-refractivity contribution in [2.75, 3.05) is 42.9 Å². The summed E-state index contributed by atoms with van der Waals surface area (Å²) < 4.78 is 18.2. The Balaban J connectivity index is 1.98. The number of nitrogens with two attached hydrogens (primary N) is 1. The van der Waals surface area contributed by atoms with Gasteiger partial charge in [-0.15, -0.1) is 0 Å². The molecule has 0 radical (unpaired) electrons. The van der Waals surface area contributed by atoms with Gasteiger partial charge in [0.1, 0.15) is 17.9 Å². The van der Waals surface area contributed by atoms with Gasteiger partial charge in [-0.25, -0.2) is 4.98 Å². The third kappa shape index (κ3) is 6.60. The molecule has 0 spiro atoms. The molecule has 11 heteroatoms. The van der Waals surface area contributed by atoms with E-state index in [4.69, 9.17) is 22.1 Å². The van der Waals surface area contributed by atoms with Crippen LogP contribution >= 0.6 is 18.7 Å². The first kappa shape index (κ1) is 26.2. The number of aromatic nitrogens is 2. The topological polar surface area (TPSA) is 131 Å². The van der Waals surface area contributed by atoms with Crippen molar-refractivity contribution in [1.29, 1.82) is 0 Å². The molecule has 1 amide bonds. The molecule has 0 unspecified atom stereocenters. The van der Waals surface area contributed by atoms with Crippen LogP contribution in [0.15, 0.2) is 55.3 Å². The van der Waals surface area contributed by atoms with Crippen molar-refractivity contribution in [1.82, 2.24) is 9.97 Å². The van der Waals surface area contributed by atoms with E-state index in [0.29, 0.717) is 46.9 Å². The zero-order valence-electron chi connectivity index (χ0n) is 19.8. The van der Waals surface area contributed by atoms with E-state index in [1.165, 1.54) is 19.4 Å². The van der Waals surface area contributed by atoms with Crippen LogP contribution in [0.1, 0.15) is 5.56 Å². The van der Waals surface area contributed by atoms with Crippen LogP contribution in [0.5, 0.6) is 5.75 Å². The minimum absolute atomic E-state index is 0.233. The Kier molecular flexibility index (Phi) is 8.51. The summed E-state index contributed by atoms with van der Waals surface area (Å²) in [7, 11) is -1.01. The number of methoxy groups -OCH3 is 1. The molecule has 184 valence electrons. The molecule has 3 aromatic rings. The Morgan fingerprint density at radius 1 is 1.20 bits per heavy atom. The minimum Gasteiger partial charge on any atom is -0.495 e. The molecule has 35 heavy (non-hydrogen) atoms. The van der Waals surface area contributed by atoms with Gasteiger partial charge >= 0.3 is 0 Å². The van der Waals surface area contributed by atoms with Gasteiger partial charge in [0.25, 0.3) is 0 Å². The third-order valence-corrected chi connectivity index (χ3v) is 6.84. The van der Waals surface area contributed by atoms with E-state index in [1.54, 1.807) is 25.5 Å².